The first-order valence-electron chi connectivity index (χ1n) is 6.23. The van der Waals surface area contributed by atoms with Crippen molar-refractivity contribution in [1.29, 1.82) is 0 Å². The van der Waals surface area contributed by atoms with Crippen molar-refractivity contribution >= 4 is 17.7 Å². The number of likely N-dealkylation sites (tertiary alicyclic amines) is 1. The second-order valence-corrected chi connectivity index (χ2v) is 5.00. The highest BCUT2D eigenvalue weighted by Crippen LogP contribution is 2.25. The number of nitrogens with zero attached hydrogens (tertiary/aromatic N) is 1. The smallest absolute Gasteiger partial charge is 0.322 e. The van der Waals surface area contributed by atoms with Crippen molar-refractivity contribution in [1.82, 2.24) is 4.90 Å². The van der Waals surface area contributed by atoms with Gasteiger partial charge in [-0.1, -0.05) is 6.92 Å². The maximum atomic E-state index is 13.4. The van der Waals surface area contributed by atoms with Crippen molar-refractivity contribution < 1.29 is 27.9 Å². The molecular weight excluding hydrogens is 289 g/mol. The number of halogens is 3. The van der Waals surface area contributed by atoms with Gasteiger partial charge in [0, 0.05) is 25.2 Å². The van der Waals surface area contributed by atoms with Gasteiger partial charge in [0.25, 0.3) is 0 Å². The van der Waals surface area contributed by atoms with Crippen molar-refractivity contribution in [3.05, 3.63) is 29.6 Å². The van der Waals surface area contributed by atoms with Gasteiger partial charge in [-0.2, -0.15) is 0 Å². The lowest BCUT2D eigenvalue weighted by Crippen LogP contribution is -2.34. The lowest BCUT2D eigenvalue weighted by Gasteiger charge is -2.17. The van der Waals surface area contributed by atoms with Gasteiger partial charge < -0.3 is 15.3 Å². The Labute approximate surface area is 118 Å². The van der Waals surface area contributed by atoms with E-state index in [1.54, 1.807) is 6.92 Å². The van der Waals surface area contributed by atoms with Crippen LogP contribution in [0.1, 0.15) is 6.92 Å². The quantitative estimate of drug-likeness (QED) is 0.880. The van der Waals surface area contributed by atoms with Crippen LogP contribution in [-0.4, -0.2) is 35.1 Å². The molecule has 0 aromatic heterocycles. The molecular formula is C13H13F3N2O3. The Morgan fingerprint density at radius 2 is 1.81 bits per heavy atom. The van der Waals surface area contributed by atoms with Gasteiger partial charge in [-0.25, -0.2) is 18.0 Å². The largest absolute Gasteiger partial charge is 0.481 e. The molecule has 5 nitrogen and oxygen atoms in total. The standard InChI is InChI=1S/C13H13F3N2O3/c1-6-4-18(5-8(6)12(19)20)13(21)17-11-9(15)2-7(14)3-10(11)16/h2-3,6,8H,4-5H2,1H3,(H,17,21)(H,19,20)/t6-,8-/m1/s1. The summed E-state index contributed by atoms with van der Waals surface area (Å²) in [5.74, 6) is -5.58. The average molecular weight is 302 g/mol. The Morgan fingerprint density at radius 1 is 1.24 bits per heavy atom. The number of benzene rings is 1. The summed E-state index contributed by atoms with van der Waals surface area (Å²) >= 11 is 0. The summed E-state index contributed by atoms with van der Waals surface area (Å²) < 4.78 is 39.6. The third kappa shape index (κ3) is 3.09. The summed E-state index contributed by atoms with van der Waals surface area (Å²) in [6, 6.07) is 0.0754. The molecule has 0 aliphatic carbocycles. The van der Waals surface area contributed by atoms with Gasteiger partial charge in [-0.05, 0) is 5.92 Å². The highest BCUT2D eigenvalue weighted by Gasteiger charge is 2.37. The minimum absolute atomic E-state index is 0.0488. The van der Waals surface area contributed by atoms with E-state index in [2.05, 4.69) is 0 Å². The van der Waals surface area contributed by atoms with E-state index in [9.17, 15) is 22.8 Å². The molecule has 21 heavy (non-hydrogen) atoms. The van der Waals surface area contributed by atoms with Crippen LogP contribution in [0, 0.1) is 29.3 Å². The van der Waals surface area contributed by atoms with Crippen LogP contribution < -0.4 is 5.32 Å². The summed E-state index contributed by atoms with van der Waals surface area (Å²) in [5.41, 5.74) is -0.757. The van der Waals surface area contributed by atoms with E-state index in [1.807, 2.05) is 5.32 Å². The van der Waals surface area contributed by atoms with Crippen LogP contribution in [0.5, 0.6) is 0 Å². The first-order chi connectivity index (χ1) is 9.79. The molecule has 0 bridgehead atoms. The van der Waals surface area contributed by atoms with Crippen molar-refractivity contribution in [2.45, 2.75) is 6.92 Å². The van der Waals surface area contributed by atoms with E-state index in [0.717, 1.165) is 4.90 Å². The molecule has 0 unspecified atom stereocenters. The molecule has 1 aliphatic heterocycles. The Kier molecular flexibility index (Phi) is 4.06. The van der Waals surface area contributed by atoms with E-state index >= 15 is 0 Å². The number of carboxylic acid groups (broad SMARTS) is 1. The monoisotopic (exact) mass is 302 g/mol. The molecule has 0 spiro atoms. The number of carbonyl (C=O) groups is 2. The van der Waals surface area contributed by atoms with Gasteiger partial charge in [-0.3, -0.25) is 4.79 Å². The predicted octanol–water partition coefficient (Wildman–Crippen LogP) is 2.29. The van der Waals surface area contributed by atoms with Crippen molar-refractivity contribution in [2.24, 2.45) is 11.8 Å². The van der Waals surface area contributed by atoms with Crippen molar-refractivity contribution in [3.8, 4) is 0 Å². The van der Waals surface area contributed by atoms with Gasteiger partial charge in [-0.15, -0.1) is 0 Å². The maximum Gasteiger partial charge on any atom is 0.322 e. The lowest BCUT2D eigenvalue weighted by atomic mass is 9.99. The second kappa shape index (κ2) is 5.63. The summed E-state index contributed by atoms with van der Waals surface area (Å²) in [6.07, 6.45) is 0. The fraction of sp³-hybridized carbons (Fsp3) is 0.385. The Morgan fingerprint density at radius 3 is 2.29 bits per heavy atom. The predicted molar refractivity (Wildman–Crippen MR) is 67.2 cm³/mol. The van der Waals surface area contributed by atoms with Gasteiger partial charge in [0.1, 0.15) is 11.5 Å². The Balaban J connectivity index is 2.11. The number of anilines is 1. The van der Waals surface area contributed by atoms with E-state index in [-0.39, 0.29) is 19.0 Å². The van der Waals surface area contributed by atoms with Gasteiger partial charge in [0.15, 0.2) is 11.6 Å². The van der Waals surface area contributed by atoms with Gasteiger partial charge in [0.05, 0.1) is 5.92 Å². The molecule has 114 valence electrons. The Bertz CT molecular complexity index is 571. The zero-order valence-corrected chi connectivity index (χ0v) is 11.1. The van der Waals surface area contributed by atoms with Crippen LogP contribution >= 0.6 is 0 Å². The molecule has 8 heteroatoms. The Hall–Kier alpha value is -2.25. The zero-order chi connectivity index (χ0) is 15.7. The zero-order valence-electron chi connectivity index (χ0n) is 11.1. The molecule has 1 fully saturated rings. The van der Waals surface area contributed by atoms with E-state index < -0.39 is 41.1 Å². The number of carboxylic acids is 1. The number of aliphatic carboxylic acids is 1. The minimum atomic E-state index is -1.23. The highest BCUT2D eigenvalue weighted by molar-refractivity contribution is 5.90. The molecule has 1 aliphatic rings. The summed E-state index contributed by atoms with van der Waals surface area (Å²) in [6.45, 7) is 1.78. The molecule has 1 aromatic carbocycles. The van der Waals surface area contributed by atoms with Crippen LogP contribution in [-0.2, 0) is 4.79 Å². The number of nitrogens with one attached hydrogen (secondary N) is 1. The molecule has 1 heterocycles. The summed E-state index contributed by atoms with van der Waals surface area (Å²) in [5, 5.41) is 11.0. The molecule has 2 amide bonds. The molecule has 2 rings (SSSR count). The number of hydrogen-bond donors (Lipinski definition) is 2. The topological polar surface area (TPSA) is 69.6 Å². The van der Waals surface area contributed by atoms with E-state index in [0.29, 0.717) is 12.1 Å². The minimum Gasteiger partial charge on any atom is -0.481 e. The molecule has 0 saturated carbocycles. The fourth-order valence-corrected chi connectivity index (χ4v) is 2.30. The van der Waals surface area contributed by atoms with E-state index in [4.69, 9.17) is 5.11 Å². The molecule has 1 aromatic rings. The van der Waals surface area contributed by atoms with Crippen LogP contribution in [0.3, 0.4) is 0 Å². The average Bonchev–Trinajstić information content (AvgIpc) is 2.75. The third-order valence-electron chi connectivity index (χ3n) is 3.46. The van der Waals surface area contributed by atoms with Gasteiger partial charge >= 0.3 is 12.0 Å². The van der Waals surface area contributed by atoms with Crippen LogP contribution in [0.25, 0.3) is 0 Å². The molecule has 1 saturated heterocycles. The number of amides is 2. The number of rotatable bonds is 2. The second-order valence-electron chi connectivity index (χ2n) is 5.00. The lowest BCUT2D eigenvalue weighted by molar-refractivity contribution is -0.142. The van der Waals surface area contributed by atoms with Crippen molar-refractivity contribution in [2.75, 3.05) is 18.4 Å². The normalized spacial score (nSPS) is 21.4. The number of hydrogen-bond acceptors (Lipinski definition) is 2. The van der Waals surface area contributed by atoms with Crippen LogP contribution in [0.4, 0.5) is 23.7 Å². The first kappa shape index (κ1) is 15.1. The van der Waals surface area contributed by atoms with E-state index in [1.165, 1.54) is 0 Å². The van der Waals surface area contributed by atoms with Crippen LogP contribution in [0.15, 0.2) is 12.1 Å². The van der Waals surface area contributed by atoms with Crippen LogP contribution in [0.2, 0.25) is 0 Å². The highest BCUT2D eigenvalue weighted by atomic mass is 19.1. The number of carbonyl (C=O) groups excluding carboxylic acids is 1. The summed E-state index contributed by atoms with van der Waals surface area (Å²) in [4.78, 5) is 24.0. The third-order valence-corrected chi connectivity index (χ3v) is 3.46. The van der Waals surface area contributed by atoms with Gasteiger partial charge in [0.2, 0.25) is 0 Å². The molecule has 2 N–H and O–H groups in total. The first-order valence-corrected chi connectivity index (χ1v) is 6.23. The maximum absolute atomic E-state index is 13.4. The summed E-state index contributed by atoms with van der Waals surface area (Å²) in [7, 11) is 0. The SMILES string of the molecule is C[C@@H]1CN(C(=O)Nc2c(F)cc(F)cc2F)C[C@H]1C(=O)O. The number of urea groups is 1. The molecule has 2 atom stereocenters. The van der Waals surface area contributed by atoms with Crippen molar-refractivity contribution in [3.63, 3.8) is 0 Å². The fourth-order valence-electron chi connectivity index (χ4n) is 2.30. The molecule has 0 radical (unpaired) electrons.